The number of furan rings is 1. The predicted molar refractivity (Wildman–Crippen MR) is 169 cm³/mol. The van der Waals surface area contributed by atoms with E-state index in [0.717, 1.165) is 48.1 Å². The van der Waals surface area contributed by atoms with Crippen molar-refractivity contribution in [1.29, 1.82) is 0 Å². The van der Waals surface area contributed by atoms with E-state index in [1.54, 1.807) is 0 Å². The van der Waals surface area contributed by atoms with Crippen molar-refractivity contribution in [1.82, 2.24) is 0 Å². The van der Waals surface area contributed by atoms with Gasteiger partial charge >= 0.3 is 0 Å². The van der Waals surface area contributed by atoms with Gasteiger partial charge in [0.2, 0.25) is 0 Å². The molecule has 1 aromatic heterocycles. The summed E-state index contributed by atoms with van der Waals surface area (Å²) in [6.07, 6.45) is 14.7. The zero-order valence-corrected chi connectivity index (χ0v) is 24.6. The van der Waals surface area contributed by atoms with E-state index in [4.69, 9.17) is 13.9 Å². The largest absolute Gasteiger partial charge is 0.489 e. The van der Waals surface area contributed by atoms with Crippen LogP contribution in [0.3, 0.4) is 0 Å². The molecule has 4 rings (SSSR count). The lowest BCUT2D eigenvalue weighted by Crippen LogP contribution is -2.07. The Balaban J connectivity index is 1.65. The molecule has 0 spiro atoms. The van der Waals surface area contributed by atoms with Crippen molar-refractivity contribution < 1.29 is 13.9 Å². The number of hydrogen-bond donors (Lipinski definition) is 0. The van der Waals surface area contributed by atoms with E-state index in [9.17, 15) is 0 Å². The highest BCUT2D eigenvalue weighted by atomic mass is 16.5. The SMILES string of the molecule is CCCC(CC)c1coc2c(COC/C=C/c3ccccc3)c(OC/C=C/c3ccccc3)c(CC(C)C)cc12. The molecule has 0 N–H and O–H groups in total. The molecule has 0 saturated carbocycles. The molecule has 1 atom stereocenters. The van der Waals surface area contributed by atoms with E-state index >= 15 is 0 Å². The van der Waals surface area contributed by atoms with Gasteiger partial charge in [0.1, 0.15) is 17.9 Å². The molecule has 0 aliphatic carbocycles. The molecule has 40 heavy (non-hydrogen) atoms. The van der Waals surface area contributed by atoms with Gasteiger partial charge in [-0.1, -0.05) is 113 Å². The average Bonchev–Trinajstić information content (AvgIpc) is 3.38. The van der Waals surface area contributed by atoms with Gasteiger partial charge in [-0.2, -0.15) is 0 Å². The smallest absolute Gasteiger partial charge is 0.143 e. The van der Waals surface area contributed by atoms with E-state index in [1.165, 1.54) is 22.1 Å². The number of hydrogen-bond acceptors (Lipinski definition) is 3. The molecule has 3 heteroatoms. The van der Waals surface area contributed by atoms with E-state index < -0.39 is 0 Å². The summed E-state index contributed by atoms with van der Waals surface area (Å²) in [6, 6.07) is 22.9. The van der Waals surface area contributed by atoms with Gasteiger partial charge in [-0.05, 0) is 59.9 Å². The molecule has 1 unspecified atom stereocenters. The van der Waals surface area contributed by atoms with Crippen LogP contribution in [-0.4, -0.2) is 13.2 Å². The average molecular weight is 537 g/mol. The van der Waals surface area contributed by atoms with Crippen LogP contribution in [0.5, 0.6) is 5.75 Å². The van der Waals surface area contributed by atoms with Gasteiger partial charge in [0.15, 0.2) is 0 Å². The molecule has 210 valence electrons. The fourth-order valence-electron chi connectivity index (χ4n) is 5.30. The molecule has 3 aromatic carbocycles. The molecule has 0 aliphatic heterocycles. The lowest BCUT2D eigenvalue weighted by atomic mass is 9.89. The van der Waals surface area contributed by atoms with Gasteiger partial charge in [0, 0.05) is 10.9 Å². The summed E-state index contributed by atoms with van der Waals surface area (Å²) in [4.78, 5) is 0. The Morgan fingerprint density at radius 2 is 1.50 bits per heavy atom. The maximum absolute atomic E-state index is 6.52. The van der Waals surface area contributed by atoms with Gasteiger partial charge < -0.3 is 13.9 Å². The van der Waals surface area contributed by atoms with Gasteiger partial charge in [0.05, 0.1) is 25.0 Å². The molecule has 4 aromatic rings. The van der Waals surface area contributed by atoms with Gasteiger partial charge in [-0.25, -0.2) is 0 Å². The molecular weight excluding hydrogens is 492 g/mol. The zero-order chi connectivity index (χ0) is 28.2. The fraction of sp³-hybridized carbons (Fsp3) is 0.351. The summed E-state index contributed by atoms with van der Waals surface area (Å²) in [7, 11) is 0. The van der Waals surface area contributed by atoms with Gasteiger partial charge in [-0.15, -0.1) is 0 Å². The molecule has 0 radical (unpaired) electrons. The first-order chi connectivity index (χ1) is 19.6. The number of benzene rings is 3. The fourth-order valence-corrected chi connectivity index (χ4v) is 5.30. The van der Waals surface area contributed by atoms with Crippen molar-refractivity contribution in [2.24, 2.45) is 5.92 Å². The minimum Gasteiger partial charge on any atom is -0.489 e. The number of rotatable bonds is 15. The lowest BCUT2D eigenvalue weighted by Gasteiger charge is -2.19. The summed E-state index contributed by atoms with van der Waals surface area (Å²) in [5.41, 5.74) is 6.76. The Hall–Kier alpha value is -3.56. The van der Waals surface area contributed by atoms with Gasteiger partial charge in [-0.3, -0.25) is 0 Å². The molecule has 0 fully saturated rings. The third-order valence-corrected chi connectivity index (χ3v) is 7.22. The van der Waals surface area contributed by atoms with E-state index in [1.807, 2.05) is 42.7 Å². The molecule has 0 saturated heterocycles. The van der Waals surface area contributed by atoms with E-state index in [-0.39, 0.29) is 0 Å². The Morgan fingerprint density at radius 3 is 2.10 bits per heavy atom. The van der Waals surface area contributed by atoms with E-state index in [2.05, 4.69) is 82.3 Å². The van der Waals surface area contributed by atoms with Crippen molar-refractivity contribution >= 4 is 23.1 Å². The molecule has 0 amide bonds. The highest BCUT2D eigenvalue weighted by Gasteiger charge is 2.23. The zero-order valence-electron chi connectivity index (χ0n) is 24.6. The second-order valence-corrected chi connectivity index (χ2v) is 10.9. The summed E-state index contributed by atoms with van der Waals surface area (Å²) >= 11 is 0. The van der Waals surface area contributed by atoms with Crippen LogP contribution < -0.4 is 4.74 Å². The first-order valence-electron chi connectivity index (χ1n) is 14.8. The normalized spacial score (nSPS) is 12.7. The quantitative estimate of drug-likeness (QED) is 0.142. The topological polar surface area (TPSA) is 31.6 Å². The summed E-state index contributed by atoms with van der Waals surface area (Å²) in [5, 5.41) is 1.21. The van der Waals surface area contributed by atoms with Crippen LogP contribution in [0.25, 0.3) is 23.1 Å². The maximum atomic E-state index is 6.52. The van der Waals surface area contributed by atoms with Crippen LogP contribution >= 0.6 is 0 Å². The third kappa shape index (κ3) is 7.99. The second kappa shape index (κ2) is 15.3. The predicted octanol–water partition coefficient (Wildman–Crippen LogP) is 10.2. The van der Waals surface area contributed by atoms with Crippen molar-refractivity contribution in [2.75, 3.05) is 13.2 Å². The number of ether oxygens (including phenoxy) is 2. The van der Waals surface area contributed by atoms with Crippen LogP contribution in [0.1, 0.15) is 80.7 Å². The Labute approximate surface area is 240 Å². The summed E-state index contributed by atoms with van der Waals surface area (Å²) in [5.74, 6) is 1.88. The van der Waals surface area contributed by atoms with Crippen LogP contribution in [-0.2, 0) is 17.8 Å². The second-order valence-electron chi connectivity index (χ2n) is 10.9. The first-order valence-corrected chi connectivity index (χ1v) is 14.8. The Kier molecular flexibility index (Phi) is 11.2. The molecule has 0 aliphatic rings. The molecule has 3 nitrogen and oxygen atoms in total. The summed E-state index contributed by atoms with van der Waals surface area (Å²) < 4.78 is 19.1. The van der Waals surface area contributed by atoms with Crippen LogP contribution in [0.15, 0.2) is 89.6 Å². The monoisotopic (exact) mass is 536 g/mol. The van der Waals surface area contributed by atoms with Crippen molar-refractivity contribution in [3.63, 3.8) is 0 Å². The minimum atomic E-state index is 0.427. The highest BCUT2D eigenvalue weighted by Crippen LogP contribution is 2.40. The first kappa shape index (κ1) is 29.4. The van der Waals surface area contributed by atoms with Crippen LogP contribution in [0, 0.1) is 5.92 Å². The molecule has 1 heterocycles. The lowest BCUT2D eigenvalue weighted by molar-refractivity contribution is 0.146. The maximum Gasteiger partial charge on any atom is 0.143 e. The summed E-state index contributed by atoms with van der Waals surface area (Å²) in [6.45, 7) is 10.5. The third-order valence-electron chi connectivity index (χ3n) is 7.22. The van der Waals surface area contributed by atoms with Crippen LogP contribution in [0.2, 0.25) is 0 Å². The Morgan fingerprint density at radius 1 is 0.850 bits per heavy atom. The van der Waals surface area contributed by atoms with E-state index in [0.29, 0.717) is 31.7 Å². The van der Waals surface area contributed by atoms with Crippen molar-refractivity contribution in [3.8, 4) is 5.75 Å². The highest BCUT2D eigenvalue weighted by molar-refractivity contribution is 5.87. The number of fused-ring (bicyclic) bond motifs is 1. The standard InChI is InChI=1S/C37H44O3/c1-5-15-31(6-2)34-27-40-37-33(34)25-32(24-28(3)4)36(39-23-14-21-30-18-11-8-12-19-30)35(37)26-38-22-13-20-29-16-9-7-10-17-29/h7-14,16-21,25,27-28,31H,5-6,15,22-24,26H2,1-4H3/b20-13+,21-14+. The molecule has 0 bridgehead atoms. The molecular formula is C37H44O3. The van der Waals surface area contributed by atoms with Crippen LogP contribution in [0.4, 0.5) is 0 Å². The minimum absolute atomic E-state index is 0.427. The van der Waals surface area contributed by atoms with Crippen molar-refractivity contribution in [3.05, 3.63) is 113 Å². The Bertz CT molecular complexity index is 1360. The van der Waals surface area contributed by atoms with Crippen molar-refractivity contribution in [2.45, 2.75) is 65.9 Å². The van der Waals surface area contributed by atoms with Gasteiger partial charge in [0.25, 0.3) is 0 Å².